The maximum atomic E-state index is 12.2. The first-order valence-corrected chi connectivity index (χ1v) is 6.19. The predicted octanol–water partition coefficient (Wildman–Crippen LogP) is 1.16. The molecule has 0 bridgehead atoms. The molecule has 0 spiro atoms. The first-order chi connectivity index (χ1) is 9.43. The molecule has 0 aromatic carbocycles. The number of carboxylic acids is 1. The number of rotatable bonds is 4. The minimum atomic E-state index is -1.24. The van der Waals surface area contributed by atoms with E-state index in [1.807, 2.05) is 6.92 Å². The molecule has 7 heteroatoms. The molecule has 20 heavy (non-hydrogen) atoms. The summed E-state index contributed by atoms with van der Waals surface area (Å²) < 4.78 is 6.35. The molecule has 2 aromatic heterocycles. The van der Waals surface area contributed by atoms with Gasteiger partial charge in [-0.15, -0.1) is 0 Å². The Hall–Kier alpha value is -2.44. The van der Waals surface area contributed by atoms with Crippen LogP contribution in [0.25, 0.3) is 0 Å². The first kappa shape index (κ1) is 14.0. The van der Waals surface area contributed by atoms with Crippen LogP contribution in [0.5, 0.6) is 0 Å². The number of carboxylic acid groups (broad SMARTS) is 1. The summed E-state index contributed by atoms with van der Waals surface area (Å²) in [6.07, 6.45) is 0.631. The molecule has 0 amide bonds. The molecule has 1 N–H and O–H groups in total. The Labute approximate surface area is 114 Å². The lowest BCUT2D eigenvalue weighted by atomic mass is 10.1. The largest absolute Gasteiger partial charge is 0.477 e. The molecule has 2 heterocycles. The zero-order valence-corrected chi connectivity index (χ0v) is 11.5. The quantitative estimate of drug-likeness (QED) is 0.900. The number of hydrogen-bond acceptors (Lipinski definition) is 5. The summed E-state index contributed by atoms with van der Waals surface area (Å²) in [4.78, 5) is 27.5. The lowest BCUT2D eigenvalue weighted by molar-refractivity contribution is 0.0693. The summed E-state index contributed by atoms with van der Waals surface area (Å²) in [6, 6.07) is 1.65. The van der Waals surface area contributed by atoms with Gasteiger partial charge in [-0.05, 0) is 25.5 Å². The maximum Gasteiger partial charge on any atom is 0.341 e. The normalized spacial score (nSPS) is 10.8. The van der Waals surface area contributed by atoms with Crippen LogP contribution >= 0.6 is 0 Å². The Morgan fingerprint density at radius 1 is 1.45 bits per heavy atom. The van der Waals surface area contributed by atoms with Gasteiger partial charge in [0, 0.05) is 12.1 Å². The van der Waals surface area contributed by atoms with E-state index in [1.54, 1.807) is 19.9 Å². The predicted molar refractivity (Wildman–Crippen MR) is 69.9 cm³/mol. The molecule has 0 unspecified atom stereocenters. The van der Waals surface area contributed by atoms with Gasteiger partial charge in [0.05, 0.1) is 0 Å². The molecular weight excluding hydrogens is 262 g/mol. The van der Waals surface area contributed by atoms with Crippen LogP contribution < -0.4 is 5.56 Å². The van der Waals surface area contributed by atoms with Crippen LogP contribution in [0.4, 0.5) is 0 Å². The number of nitrogens with zero attached hydrogens (tertiary/aromatic N) is 3. The third-order valence-electron chi connectivity index (χ3n) is 3.04. The van der Waals surface area contributed by atoms with Crippen LogP contribution in [0.15, 0.2) is 15.4 Å². The molecule has 0 radical (unpaired) electrons. The van der Waals surface area contributed by atoms with Crippen LogP contribution in [0, 0.1) is 13.8 Å². The van der Waals surface area contributed by atoms with Gasteiger partial charge in [-0.2, -0.15) is 4.98 Å². The number of aromatic nitrogens is 3. The van der Waals surface area contributed by atoms with Gasteiger partial charge in [0.25, 0.3) is 5.56 Å². The highest BCUT2D eigenvalue weighted by Crippen LogP contribution is 2.08. The van der Waals surface area contributed by atoms with Crippen molar-refractivity contribution in [3.8, 4) is 0 Å². The van der Waals surface area contributed by atoms with E-state index < -0.39 is 11.5 Å². The molecule has 0 saturated heterocycles. The Kier molecular flexibility index (Phi) is 3.69. The van der Waals surface area contributed by atoms with Crippen molar-refractivity contribution < 1.29 is 14.4 Å². The zero-order chi connectivity index (χ0) is 14.9. The van der Waals surface area contributed by atoms with Gasteiger partial charge >= 0.3 is 5.97 Å². The standard InChI is InChI=1S/C13H15N3O4/c1-4-9-14-10(20-15-9)6-16-8(3)5-7(2)11(12(16)17)13(18)19/h5H,4,6H2,1-3H3,(H,18,19). The van der Waals surface area contributed by atoms with Crippen LogP contribution in [-0.4, -0.2) is 25.8 Å². The molecule has 0 aliphatic rings. The fourth-order valence-electron chi connectivity index (χ4n) is 2.02. The second-order valence-electron chi connectivity index (χ2n) is 4.50. The van der Waals surface area contributed by atoms with E-state index in [0.717, 1.165) is 0 Å². The van der Waals surface area contributed by atoms with Crippen molar-refractivity contribution in [2.45, 2.75) is 33.7 Å². The van der Waals surface area contributed by atoms with E-state index in [4.69, 9.17) is 9.63 Å². The topological polar surface area (TPSA) is 98.2 Å². The zero-order valence-electron chi connectivity index (χ0n) is 11.5. The minimum Gasteiger partial charge on any atom is -0.477 e. The third kappa shape index (κ3) is 2.47. The lowest BCUT2D eigenvalue weighted by Gasteiger charge is -2.10. The molecule has 0 aliphatic heterocycles. The molecule has 0 saturated carbocycles. The Morgan fingerprint density at radius 3 is 2.70 bits per heavy atom. The SMILES string of the molecule is CCc1noc(Cn2c(C)cc(C)c(C(=O)O)c2=O)n1. The van der Waals surface area contributed by atoms with E-state index in [1.165, 1.54) is 4.57 Å². The highest BCUT2D eigenvalue weighted by Gasteiger charge is 2.18. The highest BCUT2D eigenvalue weighted by atomic mass is 16.5. The van der Waals surface area contributed by atoms with Gasteiger partial charge in [0.15, 0.2) is 5.82 Å². The summed E-state index contributed by atoms with van der Waals surface area (Å²) in [5, 5.41) is 12.9. The van der Waals surface area contributed by atoms with Crippen molar-refractivity contribution in [3.05, 3.63) is 45.0 Å². The fraction of sp³-hybridized carbons (Fsp3) is 0.385. The van der Waals surface area contributed by atoms with Crippen molar-refractivity contribution in [3.63, 3.8) is 0 Å². The monoisotopic (exact) mass is 277 g/mol. The summed E-state index contributed by atoms with van der Waals surface area (Å²) in [6.45, 7) is 5.29. The Bertz CT molecular complexity index is 715. The maximum absolute atomic E-state index is 12.2. The number of aromatic carboxylic acids is 1. The average Bonchev–Trinajstić information content (AvgIpc) is 2.81. The van der Waals surface area contributed by atoms with Crippen LogP contribution in [0.1, 0.15) is 40.3 Å². The van der Waals surface area contributed by atoms with E-state index in [2.05, 4.69) is 10.1 Å². The molecule has 0 atom stereocenters. The van der Waals surface area contributed by atoms with Crippen LogP contribution in [-0.2, 0) is 13.0 Å². The van der Waals surface area contributed by atoms with Crippen molar-refractivity contribution in [1.29, 1.82) is 0 Å². The second-order valence-corrected chi connectivity index (χ2v) is 4.50. The van der Waals surface area contributed by atoms with E-state index in [-0.39, 0.29) is 18.0 Å². The van der Waals surface area contributed by atoms with E-state index in [0.29, 0.717) is 23.5 Å². The number of hydrogen-bond donors (Lipinski definition) is 1. The molecule has 2 aromatic rings. The van der Waals surface area contributed by atoms with E-state index in [9.17, 15) is 9.59 Å². The molecule has 7 nitrogen and oxygen atoms in total. The lowest BCUT2D eigenvalue weighted by Crippen LogP contribution is -2.29. The molecule has 106 valence electrons. The Morgan fingerprint density at radius 2 is 2.15 bits per heavy atom. The van der Waals surface area contributed by atoms with Crippen molar-refractivity contribution >= 4 is 5.97 Å². The van der Waals surface area contributed by atoms with Crippen LogP contribution in [0.3, 0.4) is 0 Å². The summed E-state index contributed by atoms with van der Waals surface area (Å²) >= 11 is 0. The van der Waals surface area contributed by atoms with E-state index >= 15 is 0 Å². The molecule has 0 fully saturated rings. The fourth-order valence-corrected chi connectivity index (χ4v) is 2.02. The number of carbonyl (C=O) groups is 1. The number of pyridine rings is 1. The third-order valence-corrected chi connectivity index (χ3v) is 3.04. The van der Waals surface area contributed by atoms with Gasteiger partial charge in [-0.25, -0.2) is 4.79 Å². The number of aryl methyl sites for hydroxylation is 3. The van der Waals surface area contributed by atoms with Crippen LogP contribution in [0.2, 0.25) is 0 Å². The van der Waals surface area contributed by atoms with Gasteiger partial charge in [-0.3, -0.25) is 4.79 Å². The van der Waals surface area contributed by atoms with Gasteiger partial charge in [-0.1, -0.05) is 12.1 Å². The highest BCUT2D eigenvalue weighted by molar-refractivity contribution is 5.88. The summed E-state index contributed by atoms with van der Waals surface area (Å²) in [5.74, 6) is -0.399. The van der Waals surface area contributed by atoms with Crippen molar-refractivity contribution in [1.82, 2.24) is 14.7 Å². The first-order valence-electron chi connectivity index (χ1n) is 6.19. The summed E-state index contributed by atoms with van der Waals surface area (Å²) in [7, 11) is 0. The van der Waals surface area contributed by atoms with Crippen molar-refractivity contribution in [2.75, 3.05) is 0 Å². The Balaban J connectivity index is 2.49. The molecule has 2 rings (SSSR count). The summed E-state index contributed by atoms with van der Waals surface area (Å²) in [5.41, 5.74) is 0.293. The van der Waals surface area contributed by atoms with Gasteiger partial charge < -0.3 is 14.2 Å². The second kappa shape index (κ2) is 5.28. The average molecular weight is 277 g/mol. The minimum absolute atomic E-state index is 0.0677. The molecule has 0 aliphatic carbocycles. The van der Waals surface area contributed by atoms with Crippen molar-refractivity contribution in [2.24, 2.45) is 0 Å². The van der Waals surface area contributed by atoms with Gasteiger partial charge in [0.1, 0.15) is 12.1 Å². The smallest absolute Gasteiger partial charge is 0.341 e. The van der Waals surface area contributed by atoms with Gasteiger partial charge in [0.2, 0.25) is 5.89 Å². The molecular formula is C13H15N3O4.